The summed E-state index contributed by atoms with van der Waals surface area (Å²) in [6, 6.07) is 10.3. The first-order valence-electron chi connectivity index (χ1n) is 10.8. The van der Waals surface area contributed by atoms with Gasteiger partial charge in [-0.05, 0) is 69.3 Å². The Morgan fingerprint density at radius 3 is 2.34 bits per heavy atom. The van der Waals surface area contributed by atoms with Crippen LogP contribution < -0.4 is 5.32 Å². The molecule has 1 N–H and O–H groups in total. The van der Waals surface area contributed by atoms with Gasteiger partial charge in [0.15, 0.2) is 5.65 Å². The lowest BCUT2D eigenvalue weighted by molar-refractivity contribution is -0.0166. The summed E-state index contributed by atoms with van der Waals surface area (Å²) in [7, 11) is 0. The molecule has 0 unspecified atom stereocenters. The van der Waals surface area contributed by atoms with Crippen molar-refractivity contribution < 1.29 is 4.79 Å². The van der Waals surface area contributed by atoms with Crippen molar-refractivity contribution in [3.05, 3.63) is 53.9 Å². The van der Waals surface area contributed by atoms with Gasteiger partial charge < -0.3 is 5.32 Å². The van der Waals surface area contributed by atoms with Crippen LogP contribution in [-0.2, 0) is 0 Å². The fourth-order valence-corrected chi connectivity index (χ4v) is 6.57. The summed E-state index contributed by atoms with van der Waals surface area (Å²) in [6.07, 6.45) is 11.0. The average molecular weight is 386 g/mol. The molecule has 0 saturated heterocycles. The standard InChI is InChI=1S/C24H26N4O/c1-15-2-4-19(5-3-15)21-6-7-25-22-20(14-26-28(21)22)23(29)27-24-11-16-8-17(12-24)10-18(9-16)13-24/h2-7,14,16-18H,8-13H2,1H3,(H,27,29). The molecule has 4 aliphatic carbocycles. The highest BCUT2D eigenvalue weighted by atomic mass is 16.1. The maximum Gasteiger partial charge on any atom is 0.257 e. The molecule has 0 aliphatic heterocycles. The van der Waals surface area contributed by atoms with Crippen LogP contribution in [0.15, 0.2) is 42.7 Å². The predicted molar refractivity (Wildman–Crippen MR) is 112 cm³/mol. The number of aromatic nitrogens is 3. The zero-order valence-electron chi connectivity index (χ0n) is 16.8. The topological polar surface area (TPSA) is 59.3 Å². The summed E-state index contributed by atoms with van der Waals surface area (Å²) < 4.78 is 1.79. The number of hydrogen-bond donors (Lipinski definition) is 1. The number of amides is 1. The largest absolute Gasteiger partial charge is 0.346 e. The second-order valence-electron chi connectivity index (χ2n) is 9.64. The van der Waals surface area contributed by atoms with E-state index in [0.717, 1.165) is 48.3 Å². The smallest absolute Gasteiger partial charge is 0.257 e. The van der Waals surface area contributed by atoms with E-state index in [2.05, 4.69) is 46.6 Å². The molecule has 7 rings (SSSR count). The molecule has 4 aliphatic rings. The highest BCUT2D eigenvalue weighted by molar-refractivity contribution is 6.00. The van der Waals surface area contributed by atoms with Crippen molar-refractivity contribution in [2.75, 3.05) is 0 Å². The van der Waals surface area contributed by atoms with E-state index in [1.165, 1.54) is 24.8 Å². The fraction of sp³-hybridized carbons (Fsp3) is 0.458. The molecule has 29 heavy (non-hydrogen) atoms. The lowest BCUT2D eigenvalue weighted by atomic mass is 9.53. The summed E-state index contributed by atoms with van der Waals surface area (Å²) in [6.45, 7) is 2.08. The molecule has 2 heterocycles. The molecule has 4 saturated carbocycles. The van der Waals surface area contributed by atoms with Crippen molar-refractivity contribution in [1.29, 1.82) is 0 Å². The van der Waals surface area contributed by atoms with Crippen LogP contribution in [0.5, 0.6) is 0 Å². The van der Waals surface area contributed by atoms with E-state index in [-0.39, 0.29) is 11.4 Å². The van der Waals surface area contributed by atoms with E-state index >= 15 is 0 Å². The Bertz CT molecular complexity index is 1060. The summed E-state index contributed by atoms with van der Waals surface area (Å²) in [5.41, 5.74) is 4.44. The molecule has 0 spiro atoms. The zero-order chi connectivity index (χ0) is 19.6. The van der Waals surface area contributed by atoms with Crippen molar-refractivity contribution in [1.82, 2.24) is 19.9 Å². The van der Waals surface area contributed by atoms with E-state index < -0.39 is 0 Å². The number of hydrogen-bond acceptors (Lipinski definition) is 3. The molecule has 1 amide bonds. The molecular formula is C24H26N4O. The minimum atomic E-state index is -0.0180. The first kappa shape index (κ1) is 17.2. The highest BCUT2D eigenvalue weighted by Gasteiger charge is 2.51. The number of nitrogens with zero attached hydrogens (tertiary/aromatic N) is 3. The van der Waals surface area contributed by atoms with E-state index in [1.807, 2.05) is 6.07 Å². The molecule has 148 valence electrons. The van der Waals surface area contributed by atoms with Gasteiger partial charge in [0.2, 0.25) is 0 Å². The fourth-order valence-electron chi connectivity index (χ4n) is 6.57. The highest BCUT2D eigenvalue weighted by Crippen LogP contribution is 2.55. The van der Waals surface area contributed by atoms with Gasteiger partial charge in [-0.1, -0.05) is 29.8 Å². The van der Waals surface area contributed by atoms with Crippen LogP contribution in [0.2, 0.25) is 0 Å². The summed E-state index contributed by atoms with van der Waals surface area (Å²) in [5.74, 6) is 2.39. The van der Waals surface area contributed by atoms with E-state index in [4.69, 9.17) is 0 Å². The lowest BCUT2D eigenvalue weighted by Crippen LogP contribution is -2.59. The predicted octanol–water partition coefficient (Wildman–Crippen LogP) is 4.40. The Morgan fingerprint density at radius 1 is 1.03 bits per heavy atom. The lowest BCUT2D eigenvalue weighted by Gasteiger charge is -2.56. The minimum absolute atomic E-state index is 0.00530. The van der Waals surface area contributed by atoms with E-state index in [1.54, 1.807) is 16.9 Å². The molecule has 3 aromatic rings. The first-order chi connectivity index (χ1) is 14.1. The molecule has 2 aromatic heterocycles. The third-order valence-electron chi connectivity index (χ3n) is 7.41. The van der Waals surface area contributed by atoms with Crippen molar-refractivity contribution in [3.8, 4) is 11.3 Å². The second-order valence-corrected chi connectivity index (χ2v) is 9.64. The van der Waals surface area contributed by atoms with Crippen LogP contribution in [0, 0.1) is 24.7 Å². The third kappa shape index (κ3) is 2.78. The van der Waals surface area contributed by atoms with Crippen LogP contribution in [0.1, 0.15) is 54.4 Å². The van der Waals surface area contributed by atoms with E-state index in [0.29, 0.717) is 11.2 Å². The molecular weight excluding hydrogens is 360 g/mol. The van der Waals surface area contributed by atoms with Crippen molar-refractivity contribution in [2.45, 2.75) is 51.0 Å². The molecule has 0 atom stereocenters. The third-order valence-corrected chi connectivity index (χ3v) is 7.41. The van der Waals surface area contributed by atoms with Gasteiger partial charge in [0.25, 0.3) is 5.91 Å². The number of aryl methyl sites for hydroxylation is 1. The Kier molecular flexibility index (Phi) is 3.65. The van der Waals surface area contributed by atoms with Crippen LogP contribution in [-0.4, -0.2) is 26.0 Å². The van der Waals surface area contributed by atoms with Gasteiger partial charge in [0.05, 0.1) is 11.9 Å². The van der Waals surface area contributed by atoms with Crippen molar-refractivity contribution in [2.24, 2.45) is 17.8 Å². The minimum Gasteiger partial charge on any atom is -0.346 e. The van der Waals surface area contributed by atoms with Gasteiger partial charge in [-0.2, -0.15) is 5.10 Å². The number of fused-ring (bicyclic) bond motifs is 1. The Balaban J connectivity index is 1.33. The molecule has 1 aromatic carbocycles. The molecule has 4 bridgehead atoms. The Morgan fingerprint density at radius 2 is 1.69 bits per heavy atom. The number of benzene rings is 1. The van der Waals surface area contributed by atoms with Crippen LogP contribution >= 0.6 is 0 Å². The summed E-state index contributed by atoms with van der Waals surface area (Å²) in [5, 5.41) is 7.98. The average Bonchev–Trinajstić information content (AvgIpc) is 3.11. The SMILES string of the molecule is Cc1ccc(-c2ccnc3c(C(=O)NC45CC6CC(CC(C6)C4)C5)cnn23)cc1. The molecule has 4 fully saturated rings. The van der Waals surface area contributed by atoms with Gasteiger partial charge in [-0.15, -0.1) is 0 Å². The maximum atomic E-state index is 13.3. The monoisotopic (exact) mass is 386 g/mol. The maximum absolute atomic E-state index is 13.3. The quantitative estimate of drug-likeness (QED) is 0.726. The number of rotatable bonds is 3. The van der Waals surface area contributed by atoms with Crippen molar-refractivity contribution in [3.63, 3.8) is 0 Å². The van der Waals surface area contributed by atoms with Crippen LogP contribution in [0.25, 0.3) is 16.9 Å². The molecule has 5 nitrogen and oxygen atoms in total. The molecule has 0 radical (unpaired) electrons. The zero-order valence-corrected chi connectivity index (χ0v) is 16.8. The van der Waals surface area contributed by atoms with Gasteiger partial charge in [0, 0.05) is 17.3 Å². The van der Waals surface area contributed by atoms with Gasteiger partial charge in [0.1, 0.15) is 5.56 Å². The normalized spacial score (nSPS) is 30.0. The van der Waals surface area contributed by atoms with Crippen molar-refractivity contribution >= 4 is 11.6 Å². The summed E-state index contributed by atoms with van der Waals surface area (Å²) >= 11 is 0. The van der Waals surface area contributed by atoms with E-state index in [9.17, 15) is 4.79 Å². The summed E-state index contributed by atoms with van der Waals surface area (Å²) in [4.78, 5) is 17.8. The number of carbonyl (C=O) groups excluding carboxylic acids is 1. The van der Waals surface area contributed by atoms with Gasteiger partial charge in [-0.3, -0.25) is 4.79 Å². The second kappa shape index (κ2) is 6.15. The van der Waals surface area contributed by atoms with Crippen LogP contribution in [0.3, 0.4) is 0 Å². The van der Waals surface area contributed by atoms with Crippen LogP contribution in [0.4, 0.5) is 0 Å². The van der Waals surface area contributed by atoms with Gasteiger partial charge >= 0.3 is 0 Å². The Hall–Kier alpha value is -2.69. The molecule has 5 heteroatoms. The number of nitrogens with one attached hydrogen (secondary N) is 1. The first-order valence-corrected chi connectivity index (χ1v) is 10.8. The number of carbonyl (C=O) groups is 1. The Labute approximate surface area is 170 Å². The van der Waals surface area contributed by atoms with Gasteiger partial charge in [-0.25, -0.2) is 9.50 Å².